The van der Waals surface area contributed by atoms with E-state index in [1.54, 1.807) is 0 Å². The maximum Gasteiger partial charge on any atom is 0.433 e. The average molecular weight is 294 g/mol. The van der Waals surface area contributed by atoms with Gasteiger partial charge in [-0.05, 0) is 36.3 Å². The first-order valence-corrected chi connectivity index (χ1v) is 6.53. The summed E-state index contributed by atoms with van der Waals surface area (Å²) >= 11 is 5.54. The van der Waals surface area contributed by atoms with Crippen LogP contribution in [-0.4, -0.2) is 16.0 Å². The number of halogens is 4. The second-order valence-electron chi connectivity index (χ2n) is 5.07. The highest BCUT2D eigenvalue weighted by Crippen LogP contribution is 2.34. The molecule has 7 heteroatoms. The lowest BCUT2D eigenvalue weighted by Gasteiger charge is -2.20. The molecule has 3 nitrogen and oxygen atoms in total. The Morgan fingerprint density at radius 2 is 1.95 bits per heavy atom. The third-order valence-corrected chi connectivity index (χ3v) is 3.96. The van der Waals surface area contributed by atoms with Crippen molar-refractivity contribution in [3.8, 4) is 0 Å². The zero-order chi connectivity index (χ0) is 14.2. The van der Waals surface area contributed by atoms with Crippen LogP contribution in [0.5, 0.6) is 0 Å². The molecule has 1 aromatic heterocycles. The molecule has 0 radical (unpaired) electrons. The molecule has 1 aliphatic rings. The Labute approximate surface area is 114 Å². The number of rotatable bonds is 2. The van der Waals surface area contributed by atoms with Crippen LogP contribution < -0.4 is 5.32 Å². The van der Waals surface area contributed by atoms with E-state index in [4.69, 9.17) is 11.6 Å². The summed E-state index contributed by atoms with van der Waals surface area (Å²) < 4.78 is 37.9. The Morgan fingerprint density at radius 1 is 1.26 bits per heavy atom. The number of nitrogens with one attached hydrogen (secondary N) is 1. The minimum absolute atomic E-state index is 0.127. The Hall–Kier alpha value is -1.04. The van der Waals surface area contributed by atoms with E-state index in [-0.39, 0.29) is 11.9 Å². The van der Waals surface area contributed by atoms with Gasteiger partial charge in [0.2, 0.25) is 5.28 Å². The van der Waals surface area contributed by atoms with Crippen molar-refractivity contribution in [3.63, 3.8) is 0 Å². The average Bonchev–Trinajstić information content (AvgIpc) is 2.59. The van der Waals surface area contributed by atoms with Crippen molar-refractivity contribution in [3.05, 3.63) is 17.0 Å². The van der Waals surface area contributed by atoms with Gasteiger partial charge in [-0.25, -0.2) is 9.97 Å². The zero-order valence-electron chi connectivity index (χ0n) is 10.6. The van der Waals surface area contributed by atoms with E-state index in [2.05, 4.69) is 29.1 Å². The van der Waals surface area contributed by atoms with Crippen LogP contribution in [0.25, 0.3) is 0 Å². The van der Waals surface area contributed by atoms with Gasteiger partial charge in [0.15, 0.2) is 5.69 Å². The molecule has 1 saturated carbocycles. The molecule has 1 heterocycles. The molecule has 106 valence electrons. The van der Waals surface area contributed by atoms with Crippen LogP contribution in [0.1, 0.15) is 32.4 Å². The Bertz CT molecular complexity index is 464. The molecule has 1 aliphatic carbocycles. The number of nitrogens with zero attached hydrogens (tertiary/aromatic N) is 2. The van der Waals surface area contributed by atoms with Crippen molar-refractivity contribution in [1.82, 2.24) is 9.97 Å². The minimum atomic E-state index is -4.52. The maximum atomic E-state index is 12.6. The third-order valence-electron chi connectivity index (χ3n) is 3.79. The topological polar surface area (TPSA) is 37.8 Å². The molecule has 1 aromatic rings. The van der Waals surface area contributed by atoms with Crippen LogP contribution in [-0.2, 0) is 6.18 Å². The minimum Gasteiger partial charge on any atom is -0.367 e. The van der Waals surface area contributed by atoms with Crippen molar-refractivity contribution in [2.24, 2.45) is 11.8 Å². The van der Waals surface area contributed by atoms with E-state index in [0.29, 0.717) is 11.8 Å². The lowest BCUT2D eigenvalue weighted by molar-refractivity contribution is -0.141. The largest absolute Gasteiger partial charge is 0.433 e. The first kappa shape index (κ1) is 14.4. The molecule has 0 amide bonds. The Balaban J connectivity index is 2.19. The summed E-state index contributed by atoms with van der Waals surface area (Å²) in [7, 11) is 0. The van der Waals surface area contributed by atoms with Gasteiger partial charge in [0.25, 0.3) is 0 Å². The Kier molecular flexibility index (Phi) is 3.90. The second-order valence-corrected chi connectivity index (χ2v) is 5.41. The van der Waals surface area contributed by atoms with Crippen molar-refractivity contribution in [2.75, 3.05) is 5.32 Å². The monoisotopic (exact) mass is 293 g/mol. The highest BCUT2D eigenvalue weighted by Gasteiger charge is 2.34. The Morgan fingerprint density at radius 3 is 2.47 bits per heavy atom. The fourth-order valence-corrected chi connectivity index (χ4v) is 2.58. The maximum absolute atomic E-state index is 12.6. The number of hydrogen-bond acceptors (Lipinski definition) is 3. The fraction of sp³-hybridized carbons (Fsp3) is 0.667. The van der Waals surface area contributed by atoms with E-state index in [1.807, 2.05) is 0 Å². The summed E-state index contributed by atoms with van der Waals surface area (Å²) in [6.07, 6.45) is -2.54. The van der Waals surface area contributed by atoms with E-state index in [0.717, 1.165) is 18.9 Å². The van der Waals surface area contributed by atoms with Crippen molar-refractivity contribution in [1.29, 1.82) is 0 Å². The zero-order valence-corrected chi connectivity index (χ0v) is 11.4. The van der Waals surface area contributed by atoms with E-state index < -0.39 is 17.2 Å². The quantitative estimate of drug-likeness (QED) is 0.838. The summed E-state index contributed by atoms with van der Waals surface area (Å²) in [4.78, 5) is 7.02. The second kappa shape index (κ2) is 5.15. The predicted octanol–water partition coefficient (Wildman–Crippen LogP) is 4.00. The van der Waals surface area contributed by atoms with Gasteiger partial charge >= 0.3 is 6.18 Å². The molecule has 3 atom stereocenters. The molecule has 0 aliphatic heterocycles. The SMILES string of the molecule is CC1CCC(Nc2cc(C(F)(F)F)nc(Cl)n2)C1C. The summed E-state index contributed by atoms with van der Waals surface area (Å²) in [6.45, 7) is 4.23. The van der Waals surface area contributed by atoms with Crippen molar-refractivity contribution >= 4 is 17.4 Å². The molecule has 19 heavy (non-hydrogen) atoms. The summed E-state index contributed by atoms with van der Waals surface area (Å²) in [5.74, 6) is 1.08. The fourth-order valence-electron chi connectivity index (χ4n) is 2.40. The molecule has 2 rings (SSSR count). The van der Waals surface area contributed by atoms with Gasteiger partial charge in [-0.15, -0.1) is 0 Å². The van der Waals surface area contributed by atoms with Crippen LogP contribution >= 0.6 is 11.6 Å². The van der Waals surface area contributed by atoms with Crippen LogP contribution in [0, 0.1) is 11.8 Å². The van der Waals surface area contributed by atoms with Crippen molar-refractivity contribution in [2.45, 2.75) is 38.9 Å². The lowest BCUT2D eigenvalue weighted by atomic mass is 9.98. The lowest BCUT2D eigenvalue weighted by Crippen LogP contribution is -2.25. The van der Waals surface area contributed by atoms with Gasteiger partial charge in [-0.1, -0.05) is 13.8 Å². The standard InChI is InChI=1S/C12H15ClF3N3/c1-6-3-4-8(7(6)2)17-10-5-9(12(14,15)16)18-11(13)19-10/h5-8H,3-4H2,1-2H3,(H,17,18,19). The summed E-state index contributed by atoms with van der Waals surface area (Å²) in [5, 5.41) is 2.65. The van der Waals surface area contributed by atoms with Crippen LogP contribution in [0.4, 0.5) is 19.0 Å². The highest BCUT2D eigenvalue weighted by atomic mass is 35.5. The molecular formula is C12H15ClF3N3. The van der Waals surface area contributed by atoms with Gasteiger partial charge in [0, 0.05) is 12.1 Å². The number of hydrogen-bond donors (Lipinski definition) is 1. The van der Waals surface area contributed by atoms with Crippen LogP contribution in [0.2, 0.25) is 5.28 Å². The van der Waals surface area contributed by atoms with E-state index in [1.165, 1.54) is 0 Å². The third kappa shape index (κ3) is 3.29. The molecular weight excluding hydrogens is 279 g/mol. The van der Waals surface area contributed by atoms with E-state index >= 15 is 0 Å². The summed E-state index contributed by atoms with van der Waals surface area (Å²) in [6, 6.07) is 1.03. The van der Waals surface area contributed by atoms with Gasteiger partial charge in [0.05, 0.1) is 0 Å². The number of anilines is 1. The molecule has 0 bridgehead atoms. The molecule has 0 saturated heterocycles. The normalized spacial score (nSPS) is 27.6. The van der Waals surface area contributed by atoms with Crippen LogP contribution in [0.15, 0.2) is 6.07 Å². The smallest absolute Gasteiger partial charge is 0.367 e. The van der Waals surface area contributed by atoms with Gasteiger partial charge in [0.1, 0.15) is 5.82 Å². The van der Waals surface area contributed by atoms with Gasteiger partial charge in [-0.2, -0.15) is 13.2 Å². The highest BCUT2D eigenvalue weighted by molar-refractivity contribution is 6.28. The molecule has 0 aromatic carbocycles. The molecule has 0 spiro atoms. The molecule has 1 fully saturated rings. The van der Waals surface area contributed by atoms with Crippen molar-refractivity contribution < 1.29 is 13.2 Å². The van der Waals surface area contributed by atoms with Crippen LogP contribution in [0.3, 0.4) is 0 Å². The first-order chi connectivity index (χ1) is 8.77. The van der Waals surface area contributed by atoms with Gasteiger partial charge < -0.3 is 5.32 Å². The van der Waals surface area contributed by atoms with E-state index in [9.17, 15) is 13.2 Å². The summed E-state index contributed by atoms with van der Waals surface area (Å²) in [5.41, 5.74) is -1.02. The molecule has 1 N–H and O–H groups in total. The predicted molar refractivity (Wildman–Crippen MR) is 67.0 cm³/mol. The number of aromatic nitrogens is 2. The van der Waals surface area contributed by atoms with Gasteiger partial charge in [-0.3, -0.25) is 0 Å². The molecule has 3 unspecified atom stereocenters. The first-order valence-electron chi connectivity index (χ1n) is 6.15. The number of alkyl halides is 3.